The third kappa shape index (κ3) is 7.10. The zero-order chi connectivity index (χ0) is 17.9. The van der Waals surface area contributed by atoms with E-state index in [1.165, 1.54) is 5.56 Å². The van der Waals surface area contributed by atoms with Crippen LogP contribution in [-0.2, 0) is 11.2 Å². The number of nitrogens with one attached hydrogen (secondary N) is 1. The molecule has 2 aromatic rings. The fourth-order valence-corrected chi connectivity index (χ4v) is 3.02. The van der Waals surface area contributed by atoms with Crippen molar-refractivity contribution in [1.82, 2.24) is 5.32 Å². The van der Waals surface area contributed by atoms with E-state index in [4.69, 9.17) is 9.47 Å². The lowest BCUT2D eigenvalue weighted by atomic mass is 10.1. The van der Waals surface area contributed by atoms with E-state index in [2.05, 4.69) is 17.4 Å². The first-order valence-corrected chi connectivity index (χ1v) is 9.44. The molecule has 1 amide bonds. The summed E-state index contributed by atoms with van der Waals surface area (Å²) in [6, 6.07) is 17.6. The van der Waals surface area contributed by atoms with Crippen molar-refractivity contribution in [2.45, 2.75) is 18.6 Å². The van der Waals surface area contributed by atoms with Crippen molar-refractivity contribution in [3.8, 4) is 11.5 Å². The maximum Gasteiger partial charge on any atom is 0.232 e. The number of carbonyl (C=O) groups is 1. The van der Waals surface area contributed by atoms with Crippen molar-refractivity contribution < 1.29 is 14.3 Å². The molecule has 0 aliphatic heterocycles. The Bertz CT molecular complexity index is 631. The van der Waals surface area contributed by atoms with Crippen LogP contribution in [0.3, 0.4) is 0 Å². The van der Waals surface area contributed by atoms with Crippen molar-refractivity contribution in [3.63, 3.8) is 0 Å². The van der Waals surface area contributed by atoms with E-state index in [1.54, 1.807) is 18.9 Å². The molecule has 134 valence electrons. The minimum Gasteiger partial charge on any atom is -0.497 e. The van der Waals surface area contributed by atoms with Crippen LogP contribution in [0, 0.1) is 0 Å². The molecule has 0 heterocycles. The predicted octanol–water partition coefficient (Wildman–Crippen LogP) is 3.55. The van der Waals surface area contributed by atoms with Crippen LogP contribution in [-0.4, -0.2) is 37.2 Å². The zero-order valence-corrected chi connectivity index (χ0v) is 15.6. The van der Waals surface area contributed by atoms with Crippen molar-refractivity contribution in [3.05, 3.63) is 60.2 Å². The van der Waals surface area contributed by atoms with Gasteiger partial charge in [0.2, 0.25) is 5.91 Å². The molecular weight excluding hydrogens is 334 g/mol. The summed E-state index contributed by atoms with van der Waals surface area (Å²) in [6.45, 7) is 3.16. The Labute approximate surface area is 153 Å². The summed E-state index contributed by atoms with van der Waals surface area (Å²) < 4.78 is 10.8. The Balaban J connectivity index is 1.58. The van der Waals surface area contributed by atoms with E-state index >= 15 is 0 Å². The summed E-state index contributed by atoms with van der Waals surface area (Å²) in [5.41, 5.74) is 1.23. The Hall–Kier alpha value is -2.14. The first-order chi connectivity index (χ1) is 12.2. The van der Waals surface area contributed by atoms with Gasteiger partial charge in [-0.2, -0.15) is 0 Å². The van der Waals surface area contributed by atoms with E-state index in [-0.39, 0.29) is 11.2 Å². The number of thioether (sulfide) groups is 1. The molecule has 1 unspecified atom stereocenters. The lowest BCUT2D eigenvalue weighted by molar-refractivity contribution is -0.120. The Kier molecular flexibility index (Phi) is 8.19. The minimum absolute atomic E-state index is 0.0744. The van der Waals surface area contributed by atoms with E-state index in [1.807, 2.05) is 49.4 Å². The Morgan fingerprint density at radius 2 is 1.76 bits per heavy atom. The third-order valence-electron chi connectivity index (χ3n) is 3.70. The lowest BCUT2D eigenvalue weighted by Gasteiger charge is -2.12. The first kappa shape index (κ1) is 19.2. The molecule has 0 spiro atoms. The Morgan fingerprint density at radius 1 is 1.08 bits per heavy atom. The van der Waals surface area contributed by atoms with Crippen LogP contribution in [0.1, 0.15) is 12.5 Å². The molecule has 2 rings (SSSR count). The molecule has 0 aromatic heterocycles. The molecule has 0 bridgehead atoms. The summed E-state index contributed by atoms with van der Waals surface area (Å²) in [5, 5.41) is 2.90. The number of methoxy groups -OCH3 is 1. The molecule has 0 fully saturated rings. The highest BCUT2D eigenvalue weighted by Crippen LogP contribution is 2.18. The molecule has 1 N–H and O–H groups in total. The standard InChI is InChI=1S/C20H25NO3S/c1-16(20(22)21-13-12-17-6-4-3-5-7-17)25-15-14-24-19-10-8-18(23-2)9-11-19/h3-11,16H,12-15H2,1-2H3,(H,21,22). The molecule has 5 heteroatoms. The van der Waals surface area contributed by atoms with Gasteiger partial charge < -0.3 is 14.8 Å². The maximum atomic E-state index is 12.1. The van der Waals surface area contributed by atoms with Crippen molar-refractivity contribution in [2.75, 3.05) is 26.0 Å². The summed E-state index contributed by atoms with van der Waals surface area (Å²) in [5.74, 6) is 2.45. The number of amides is 1. The molecule has 0 aliphatic rings. The molecule has 0 aliphatic carbocycles. The quantitative estimate of drug-likeness (QED) is 0.659. The number of ether oxygens (including phenoxy) is 2. The number of hydrogen-bond acceptors (Lipinski definition) is 4. The van der Waals surface area contributed by atoms with Gasteiger partial charge in [0, 0.05) is 12.3 Å². The second kappa shape index (κ2) is 10.7. The molecule has 4 nitrogen and oxygen atoms in total. The van der Waals surface area contributed by atoms with Crippen LogP contribution in [0.2, 0.25) is 0 Å². The lowest BCUT2D eigenvalue weighted by Crippen LogP contribution is -2.32. The summed E-state index contributed by atoms with van der Waals surface area (Å²) in [6.07, 6.45) is 0.852. The average molecular weight is 359 g/mol. The normalized spacial score (nSPS) is 11.6. The number of rotatable bonds is 10. The van der Waals surface area contributed by atoms with Crippen LogP contribution < -0.4 is 14.8 Å². The fourth-order valence-electron chi connectivity index (χ4n) is 2.25. The average Bonchev–Trinajstić information content (AvgIpc) is 2.66. The third-order valence-corrected chi connectivity index (χ3v) is 4.82. The van der Waals surface area contributed by atoms with Crippen molar-refractivity contribution in [2.24, 2.45) is 0 Å². The van der Waals surface area contributed by atoms with E-state index in [0.29, 0.717) is 13.2 Å². The summed E-state index contributed by atoms with van der Waals surface area (Å²) in [4.78, 5) is 12.1. The van der Waals surface area contributed by atoms with Gasteiger partial charge in [0.25, 0.3) is 0 Å². The van der Waals surface area contributed by atoms with E-state index in [9.17, 15) is 4.79 Å². The van der Waals surface area contributed by atoms with Gasteiger partial charge in [-0.15, -0.1) is 11.8 Å². The van der Waals surface area contributed by atoms with Crippen LogP contribution in [0.25, 0.3) is 0 Å². The van der Waals surface area contributed by atoms with Gasteiger partial charge in [-0.3, -0.25) is 4.79 Å². The van der Waals surface area contributed by atoms with Gasteiger partial charge in [-0.1, -0.05) is 30.3 Å². The minimum atomic E-state index is -0.0877. The van der Waals surface area contributed by atoms with Crippen LogP contribution in [0.4, 0.5) is 0 Å². The maximum absolute atomic E-state index is 12.1. The molecule has 2 aromatic carbocycles. The van der Waals surface area contributed by atoms with Gasteiger partial charge in [0.05, 0.1) is 19.0 Å². The van der Waals surface area contributed by atoms with Crippen LogP contribution >= 0.6 is 11.8 Å². The second-order valence-corrected chi connectivity index (χ2v) is 7.01. The summed E-state index contributed by atoms with van der Waals surface area (Å²) >= 11 is 1.60. The topological polar surface area (TPSA) is 47.6 Å². The highest BCUT2D eigenvalue weighted by Gasteiger charge is 2.12. The Morgan fingerprint density at radius 3 is 2.44 bits per heavy atom. The SMILES string of the molecule is COc1ccc(OCCSC(C)C(=O)NCCc2ccccc2)cc1. The van der Waals surface area contributed by atoms with Crippen molar-refractivity contribution >= 4 is 17.7 Å². The second-order valence-electron chi connectivity index (χ2n) is 5.56. The van der Waals surface area contributed by atoms with Crippen LogP contribution in [0.15, 0.2) is 54.6 Å². The monoisotopic (exact) mass is 359 g/mol. The number of carbonyl (C=O) groups excluding carboxylic acids is 1. The molecule has 25 heavy (non-hydrogen) atoms. The van der Waals surface area contributed by atoms with E-state index in [0.717, 1.165) is 23.7 Å². The predicted molar refractivity (Wildman–Crippen MR) is 104 cm³/mol. The molecular formula is C20H25NO3S. The first-order valence-electron chi connectivity index (χ1n) is 8.39. The molecule has 1 atom stereocenters. The molecule has 0 saturated heterocycles. The highest BCUT2D eigenvalue weighted by atomic mass is 32.2. The number of hydrogen-bond donors (Lipinski definition) is 1. The largest absolute Gasteiger partial charge is 0.497 e. The number of benzene rings is 2. The van der Waals surface area contributed by atoms with Crippen LogP contribution in [0.5, 0.6) is 11.5 Å². The smallest absolute Gasteiger partial charge is 0.232 e. The van der Waals surface area contributed by atoms with Gasteiger partial charge in [0.15, 0.2) is 0 Å². The van der Waals surface area contributed by atoms with Gasteiger partial charge >= 0.3 is 0 Å². The highest BCUT2D eigenvalue weighted by molar-refractivity contribution is 8.00. The zero-order valence-electron chi connectivity index (χ0n) is 14.7. The molecule has 0 radical (unpaired) electrons. The van der Waals surface area contributed by atoms with Gasteiger partial charge in [-0.05, 0) is 43.2 Å². The van der Waals surface area contributed by atoms with Gasteiger partial charge in [0.1, 0.15) is 11.5 Å². The summed E-state index contributed by atoms with van der Waals surface area (Å²) in [7, 11) is 1.64. The van der Waals surface area contributed by atoms with E-state index < -0.39 is 0 Å². The van der Waals surface area contributed by atoms with Gasteiger partial charge in [-0.25, -0.2) is 0 Å². The van der Waals surface area contributed by atoms with Crippen molar-refractivity contribution in [1.29, 1.82) is 0 Å². The molecule has 0 saturated carbocycles. The fraction of sp³-hybridized carbons (Fsp3) is 0.350.